The number of fused-ring (bicyclic) bond motifs is 4. The maximum Gasteiger partial charge on any atom is 0.0738 e. The van der Waals surface area contributed by atoms with Crippen molar-refractivity contribution in [3.8, 4) is 0 Å². The van der Waals surface area contributed by atoms with Crippen molar-refractivity contribution >= 4 is 45.1 Å². The van der Waals surface area contributed by atoms with Crippen molar-refractivity contribution < 1.29 is 0 Å². The van der Waals surface area contributed by atoms with E-state index >= 15 is 0 Å². The van der Waals surface area contributed by atoms with E-state index in [2.05, 4.69) is 126 Å². The Morgan fingerprint density at radius 3 is 0.833 bits per heavy atom. The van der Waals surface area contributed by atoms with Crippen molar-refractivity contribution in [3.05, 3.63) is 209 Å². The van der Waals surface area contributed by atoms with Gasteiger partial charge >= 0.3 is 0 Å². The zero-order chi connectivity index (χ0) is 31.9. The summed E-state index contributed by atoms with van der Waals surface area (Å²) in [5.74, 6) is 0. The Balaban J connectivity index is 1.37. The third-order valence-electron chi connectivity index (χ3n) is 8.77. The third-order valence-corrected chi connectivity index (χ3v) is 8.77. The second-order valence-electron chi connectivity index (χ2n) is 11.7. The molecule has 0 spiro atoms. The Hall–Kier alpha value is -6.59. The minimum atomic E-state index is 0.833. The number of allylic oxidation sites excluding steroid dienone is 12. The molecule has 0 atom stereocenters. The van der Waals surface area contributed by atoms with Crippen LogP contribution in [-0.2, 0) is 0 Å². The molecule has 8 bridgehead atoms. The van der Waals surface area contributed by atoms with Crippen LogP contribution in [0.1, 0.15) is 22.3 Å². The van der Waals surface area contributed by atoms with E-state index in [4.69, 9.17) is 20.0 Å². The molecule has 0 unspecified atom stereocenters. The molecule has 4 aromatic rings. The predicted molar refractivity (Wildman–Crippen MR) is 198 cm³/mol. The molecule has 0 N–H and O–H groups in total. The first kappa shape index (κ1) is 27.7. The molecule has 3 aromatic carbocycles. The van der Waals surface area contributed by atoms with Crippen LogP contribution in [-0.4, -0.2) is 27.8 Å². The Kier molecular flexibility index (Phi) is 6.72. The van der Waals surface area contributed by atoms with E-state index in [1.165, 1.54) is 0 Å². The van der Waals surface area contributed by atoms with Gasteiger partial charge in [0.15, 0.2) is 0 Å². The van der Waals surface area contributed by atoms with Crippen LogP contribution in [0, 0.1) is 0 Å². The number of pyridine rings is 1. The van der Waals surface area contributed by atoms with Crippen LogP contribution < -0.4 is 0 Å². The molecule has 48 heavy (non-hydrogen) atoms. The van der Waals surface area contributed by atoms with Gasteiger partial charge in [-0.25, -0.2) is 20.0 Å². The first-order chi connectivity index (χ1) is 23.8. The highest BCUT2D eigenvalue weighted by Crippen LogP contribution is 2.38. The molecule has 0 aliphatic carbocycles. The number of hydrogen-bond acceptors (Lipinski definition) is 5. The van der Waals surface area contributed by atoms with Gasteiger partial charge < -0.3 is 0 Å². The zero-order valence-corrected chi connectivity index (χ0v) is 25.8. The molecule has 0 fully saturated rings. The highest BCUT2D eigenvalue weighted by Gasteiger charge is 2.27. The van der Waals surface area contributed by atoms with Crippen LogP contribution in [0.5, 0.6) is 0 Å². The van der Waals surface area contributed by atoms with E-state index in [0.29, 0.717) is 0 Å². The maximum absolute atomic E-state index is 5.30. The lowest BCUT2D eigenvalue weighted by Gasteiger charge is -2.12. The van der Waals surface area contributed by atoms with Crippen LogP contribution in [0.3, 0.4) is 0 Å². The number of nitrogens with zero attached hydrogens (tertiary/aromatic N) is 5. The van der Waals surface area contributed by atoms with Gasteiger partial charge in [-0.1, -0.05) is 91.0 Å². The van der Waals surface area contributed by atoms with Gasteiger partial charge in [-0.3, -0.25) is 4.98 Å². The molecule has 0 amide bonds. The standard InChI is InChI=1S/C43H27N5/c1-4-10-28(11-5-1)40-32-16-18-34(45-32)41(29-12-6-2-7-13-29)36-20-22-38(47-36)43(31-24-26-44-27-25-31)39-23-21-37(48-39)42(30-14-8-3-9-15-30)35-19-17-33(40)46-35/h1-27H. The molecule has 5 aliphatic heterocycles. The van der Waals surface area contributed by atoms with E-state index < -0.39 is 0 Å². The van der Waals surface area contributed by atoms with Gasteiger partial charge in [0.25, 0.3) is 0 Å². The summed E-state index contributed by atoms with van der Waals surface area (Å²) >= 11 is 0. The number of rotatable bonds is 4. The minimum absolute atomic E-state index is 0.833. The van der Waals surface area contributed by atoms with Crippen molar-refractivity contribution in [1.29, 1.82) is 0 Å². The number of benzene rings is 3. The maximum atomic E-state index is 5.30. The number of aliphatic imine (C=N–C) groups is 4. The molecule has 5 heteroatoms. The molecule has 0 saturated carbocycles. The Bertz CT molecular complexity index is 2030. The molecule has 9 rings (SSSR count). The van der Waals surface area contributed by atoms with Crippen LogP contribution >= 0.6 is 0 Å². The molecule has 0 saturated heterocycles. The normalized spacial score (nSPS) is 17.8. The number of aromatic nitrogens is 1. The first-order valence-electron chi connectivity index (χ1n) is 15.9. The predicted octanol–water partition coefficient (Wildman–Crippen LogP) is 9.08. The summed E-state index contributed by atoms with van der Waals surface area (Å²) in [6.07, 6.45) is 20.3. The van der Waals surface area contributed by atoms with E-state index in [0.717, 1.165) is 90.2 Å². The molecule has 6 heterocycles. The van der Waals surface area contributed by atoms with Crippen molar-refractivity contribution in [2.75, 3.05) is 0 Å². The highest BCUT2D eigenvalue weighted by molar-refractivity contribution is 6.39. The van der Waals surface area contributed by atoms with Gasteiger partial charge in [0.05, 0.1) is 45.6 Å². The van der Waals surface area contributed by atoms with Crippen molar-refractivity contribution in [3.63, 3.8) is 0 Å². The van der Waals surface area contributed by atoms with E-state index in [1.54, 1.807) is 0 Å². The Labute approximate surface area is 278 Å². The van der Waals surface area contributed by atoms with Crippen molar-refractivity contribution in [1.82, 2.24) is 4.98 Å². The highest BCUT2D eigenvalue weighted by atomic mass is 14.9. The topological polar surface area (TPSA) is 62.3 Å². The third kappa shape index (κ3) is 4.86. The zero-order valence-electron chi connectivity index (χ0n) is 25.8. The van der Waals surface area contributed by atoms with Crippen molar-refractivity contribution in [2.45, 2.75) is 0 Å². The number of hydrogen-bond donors (Lipinski definition) is 0. The minimum Gasteiger partial charge on any atom is -0.265 e. The van der Waals surface area contributed by atoms with Crippen LogP contribution in [0.4, 0.5) is 0 Å². The summed E-state index contributed by atoms with van der Waals surface area (Å²) in [5.41, 5.74) is 14.7. The fourth-order valence-electron chi connectivity index (χ4n) is 6.60. The second kappa shape index (κ2) is 11.6. The average molecular weight is 614 g/mol. The lowest BCUT2D eigenvalue weighted by atomic mass is 9.98. The van der Waals surface area contributed by atoms with Gasteiger partial charge in [0, 0.05) is 34.7 Å². The Morgan fingerprint density at radius 1 is 0.271 bits per heavy atom. The lowest BCUT2D eigenvalue weighted by molar-refractivity contribution is 1.31. The summed E-state index contributed by atoms with van der Waals surface area (Å²) in [6.45, 7) is 0. The summed E-state index contributed by atoms with van der Waals surface area (Å²) in [4.78, 5) is 25.5. The van der Waals surface area contributed by atoms with Crippen LogP contribution in [0.15, 0.2) is 207 Å². The van der Waals surface area contributed by atoms with Gasteiger partial charge in [0.1, 0.15) is 0 Å². The summed E-state index contributed by atoms with van der Waals surface area (Å²) < 4.78 is 0. The molecule has 5 nitrogen and oxygen atoms in total. The summed E-state index contributed by atoms with van der Waals surface area (Å²) in [7, 11) is 0. The van der Waals surface area contributed by atoms with Gasteiger partial charge in [-0.15, -0.1) is 0 Å². The molecular weight excluding hydrogens is 587 g/mol. The first-order valence-corrected chi connectivity index (χ1v) is 15.9. The van der Waals surface area contributed by atoms with E-state index in [-0.39, 0.29) is 0 Å². The molecule has 224 valence electrons. The largest absolute Gasteiger partial charge is 0.265 e. The summed E-state index contributed by atoms with van der Waals surface area (Å²) in [5, 5.41) is 0. The fraction of sp³-hybridized carbons (Fsp3) is 0. The van der Waals surface area contributed by atoms with Crippen LogP contribution in [0.25, 0.3) is 22.3 Å². The quantitative estimate of drug-likeness (QED) is 0.227. The van der Waals surface area contributed by atoms with Crippen LogP contribution in [0.2, 0.25) is 0 Å². The van der Waals surface area contributed by atoms with Gasteiger partial charge in [-0.2, -0.15) is 0 Å². The fourth-order valence-corrected chi connectivity index (χ4v) is 6.60. The van der Waals surface area contributed by atoms with E-state index in [1.807, 2.05) is 42.7 Å². The average Bonchev–Trinajstić information content (AvgIpc) is 3.98. The van der Waals surface area contributed by atoms with Gasteiger partial charge in [-0.05, 0) is 83.0 Å². The van der Waals surface area contributed by atoms with Crippen molar-refractivity contribution in [2.24, 2.45) is 20.0 Å². The lowest BCUT2D eigenvalue weighted by Crippen LogP contribution is -2.03. The monoisotopic (exact) mass is 613 g/mol. The summed E-state index contributed by atoms with van der Waals surface area (Å²) in [6, 6.07) is 35.1. The smallest absolute Gasteiger partial charge is 0.0738 e. The Morgan fingerprint density at radius 2 is 0.542 bits per heavy atom. The second-order valence-corrected chi connectivity index (χ2v) is 11.7. The van der Waals surface area contributed by atoms with Gasteiger partial charge in [0.2, 0.25) is 0 Å². The molecular formula is C43H27N5. The molecule has 0 radical (unpaired) electrons. The van der Waals surface area contributed by atoms with E-state index in [9.17, 15) is 0 Å². The SMILES string of the molecule is C1=CC2=C(c3ccccc3)C3=NC(=C(c4ccccc4)C4=NC(=C(c5ccncc5)C5=NC(=C(c6ccccc6)C1=N2)C=C5)C=C4)C=C3. The molecule has 1 aromatic heterocycles. The molecule has 5 aliphatic rings.